The maximum absolute atomic E-state index is 13.8. The lowest BCUT2D eigenvalue weighted by Crippen LogP contribution is -2.39. The predicted octanol–water partition coefficient (Wildman–Crippen LogP) is 6.33. The van der Waals surface area contributed by atoms with Gasteiger partial charge in [-0.1, -0.05) is 19.9 Å². The summed E-state index contributed by atoms with van der Waals surface area (Å²) >= 11 is 0. The van der Waals surface area contributed by atoms with E-state index in [2.05, 4.69) is 4.98 Å². The number of hydrogen-bond donors (Lipinski definition) is 1. The van der Waals surface area contributed by atoms with E-state index in [4.69, 9.17) is 4.74 Å². The molecular formula is C22H27F3N2O2. The highest BCUT2D eigenvalue weighted by Gasteiger charge is 2.35. The first-order valence-corrected chi connectivity index (χ1v) is 9.76. The fourth-order valence-corrected chi connectivity index (χ4v) is 3.58. The maximum atomic E-state index is 13.8. The Morgan fingerprint density at radius 3 is 2.41 bits per heavy atom. The van der Waals surface area contributed by atoms with Crippen LogP contribution < -0.4 is 0 Å². The number of nitrogens with zero attached hydrogens (tertiary/aromatic N) is 1. The number of nitrogens with one attached hydrogen (secondary N) is 1. The molecule has 0 saturated heterocycles. The Kier molecular flexibility index (Phi) is 5.45. The van der Waals surface area contributed by atoms with Crippen molar-refractivity contribution in [2.24, 2.45) is 0 Å². The summed E-state index contributed by atoms with van der Waals surface area (Å²) in [6.45, 7) is 9.92. The molecule has 1 amide bonds. The second-order valence-electron chi connectivity index (χ2n) is 8.75. The third-order valence-electron chi connectivity index (χ3n) is 4.99. The van der Waals surface area contributed by atoms with Crippen LogP contribution in [0.1, 0.15) is 63.6 Å². The van der Waals surface area contributed by atoms with Gasteiger partial charge in [-0.2, -0.15) is 13.2 Å². The number of aromatic amines is 1. The Labute approximate surface area is 168 Å². The number of aromatic nitrogens is 1. The topological polar surface area (TPSA) is 45.3 Å². The molecule has 7 heteroatoms. The molecule has 0 saturated carbocycles. The number of carbonyl (C=O) groups is 1. The second-order valence-corrected chi connectivity index (χ2v) is 8.75. The molecule has 1 aliphatic rings. The lowest BCUT2D eigenvalue weighted by atomic mass is 9.91. The van der Waals surface area contributed by atoms with Crippen molar-refractivity contribution >= 4 is 22.6 Å². The van der Waals surface area contributed by atoms with Gasteiger partial charge >= 0.3 is 12.3 Å². The van der Waals surface area contributed by atoms with Gasteiger partial charge in [0, 0.05) is 30.2 Å². The lowest BCUT2D eigenvalue weighted by Gasteiger charge is -2.30. The molecular weight excluding hydrogens is 381 g/mol. The predicted molar refractivity (Wildman–Crippen MR) is 108 cm³/mol. The molecule has 2 aromatic rings. The molecule has 0 atom stereocenters. The molecule has 1 N–H and O–H groups in total. The van der Waals surface area contributed by atoms with Crippen LogP contribution in [-0.2, 0) is 10.9 Å². The summed E-state index contributed by atoms with van der Waals surface area (Å²) in [5, 5.41) is 0.804. The summed E-state index contributed by atoms with van der Waals surface area (Å²) in [7, 11) is 0. The van der Waals surface area contributed by atoms with Crippen LogP contribution in [0, 0.1) is 0 Å². The second kappa shape index (κ2) is 7.43. The summed E-state index contributed by atoms with van der Waals surface area (Å²) < 4.78 is 46.6. The molecule has 1 aliphatic heterocycles. The summed E-state index contributed by atoms with van der Waals surface area (Å²) in [4.78, 5) is 16.7. The van der Waals surface area contributed by atoms with Crippen LogP contribution in [0.25, 0.3) is 16.5 Å². The minimum Gasteiger partial charge on any atom is -0.444 e. The fourth-order valence-electron chi connectivity index (χ4n) is 3.58. The van der Waals surface area contributed by atoms with Crippen LogP contribution in [0.15, 0.2) is 24.4 Å². The number of halogens is 3. The Morgan fingerprint density at radius 2 is 1.90 bits per heavy atom. The van der Waals surface area contributed by atoms with Crippen LogP contribution in [0.3, 0.4) is 0 Å². The zero-order valence-corrected chi connectivity index (χ0v) is 17.4. The quantitative estimate of drug-likeness (QED) is 0.631. The molecule has 0 unspecified atom stereocenters. The monoisotopic (exact) mass is 408 g/mol. The Bertz CT molecular complexity index is 949. The zero-order valence-electron chi connectivity index (χ0n) is 17.4. The summed E-state index contributed by atoms with van der Waals surface area (Å²) in [6.07, 6.45) is -1.10. The molecule has 1 aromatic carbocycles. The van der Waals surface area contributed by atoms with Crippen molar-refractivity contribution < 1.29 is 22.7 Å². The van der Waals surface area contributed by atoms with E-state index in [1.54, 1.807) is 39.1 Å². The average Bonchev–Trinajstić information content (AvgIpc) is 3.02. The van der Waals surface area contributed by atoms with Crippen LogP contribution in [0.2, 0.25) is 0 Å². The first-order valence-electron chi connectivity index (χ1n) is 9.76. The van der Waals surface area contributed by atoms with Crippen LogP contribution in [0.5, 0.6) is 0 Å². The molecule has 1 aromatic heterocycles. The van der Waals surface area contributed by atoms with Crippen molar-refractivity contribution in [3.05, 3.63) is 41.1 Å². The molecule has 4 nitrogen and oxygen atoms in total. The minimum absolute atomic E-state index is 0.190. The Balaban J connectivity index is 1.98. The zero-order chi connectivity index (χ0) is 21.6. The maximum Gasteiger partial charge on any atom is 0.417 e. The summed E-state index contributed by atoms with van der Waals surface area (Å²) in [5.74, 6) is 0.191. The van der Waals surface area contributed by atoms with Crippen molar-refractivity contribution in [3.8, 4) is 0 Å². The first kappa shape index (κ1) is 21.3. The van der Waals surface area contributed by atoms with Gasteiger partial charge in [0.05, 0.1) is 5.56 Å². The van der Waals surface area contributed by atoms with E-state index in [-0.39, 0.29) is 18.0 Å². The van der Waals surface area contributed by atoms with E-state index in [1.165, 1.54) is 11.0 Å². The number of ether oxygens (including phenoxy) is 1. The number of alkyl halides is 3. The smallest absolute Gasteiger partial charge is 0.417 e. The fraction of sp³-hybridized carbons (Fsp3) is 0.500. The number of hydrogen-bond acceptors (Lipinski definition) is 2. The van der Waals surface area contributed by atoms with Gasteiger partial charge in [-0.25, -0.2) is 4.79 Å². The Morgan fingerprint density at radius 1 is 1.21 bits per heavy atom. The first-order chi connectivity index (χ1) is 13.4. The normalized spacial score (nSPS) is 15.8. The van der Waals surface area contributed by atoms with Gasteiger partial charge in [-0.15, -0.1) is 0 Å². The van der Waals surface area contributed by atoms with Gasteiger partial charge in [0.25, 0.3) is 0 Å². The van der Waals surface area contributed by atoms with E-state index in [0.29, 0.717) is 24.1 Å². The molecule has 0 bridgehead atoms. The molecule has 0 radical (unpaired) electrons. The van der Waals surface area contributed by atoms with Crippen LogP contribution in [0.4, 0.5) is 18.0 Å². The van der Waals surface area contributed by atoms with Crippen molar-refractivity contribution in [1.82, 2.24) is 9.88 Å². The van der Waals surface area contributed by atoms with Gasteiger partial charge < -0.3 is 14.6 Å². The van der Waals surface area contributed by atoms with Crippen molar-refractivity contribution in [2.75, 3.05) is 13.1 Å². The van der Waals surface area contributed by atoms with Crippen LogP contribution >= 0.6 is 0 Å². The number of amides is 1. The minimum atomic E-state index is -4.46. The molecule has 0 fully saturated rings. The molecule has 2 heterocycles. The molecule has 0 aliphatic carbocycles. The highest BCUT2D eigenvalue weighted by Crippen LogP contribution is 2.40. The van der Waals surface area contributed by atoms with E-state index in [0.717, 1.165) is 10.9 Å². The van der Waals surface area contributed by atoms with E-state index in [9.17, 15) is 18.0 Å². The van der Waals surface area contributed by atoms with Crippen molar-refractivity contribution in [1.29, 1.82) is 0 Å². The number of rotatable bonds is 2. The van der Waals surface area contributed by atoms with E-state index < -0.39 is 23.4 Å². The third-order valence-corrected chi connectivity index (χ3v) is 4.99. The van der Waals surface area contributed by atoms with Gasteiger partial charge in [-0.3, -0.25) is 0 Å². The van der Waals surface area contributed by atoms with E-state index in [1.807, 2.05) is 13.8 Å². The van der Waals surface area contributed by atoms with Gasteiger partial charge in [0.1, 0.15) is 5.60 Å². The Hall–Kier alpha value is -2.44. The molecule has 158 valence electrons. The third kappa shape index (κ3) is 4.60. The van der Waals surface area contributed by atoms with E-state index >= 15 is 0 Å². The largest absolute Gasteiger partial charge is 0.444 e. The summed E-state index contributed by atoms with van der Waals surface area (Å²) in [6, 6.07) is 2.83. The van der Waals surface area contributed by atoms with Gasteiger partial charge in [0.15, 0.2) is 0 Å². The number of carbonyl (C=O) groups excluding carboxylic acids is 1. The highest BCUT2D eigenvalue weighted by molar-refractivity contribution is 5.89. The highest BCUT2D eigenvalue weighted by atomic mass is 19.4. The molecule has 0 spiro atoms. The number of benzene rings is 1. The number of H-pyrrole nitrogens is 1. The van der Waals surface area contributed by atoms with Crippen LogP contribution in [-0.4, -0.2) is 34.7 Å². The number of fused-ring (bicyclic) bond motifs is 1. The van der Waals surface area contributed by atoms with Gasteiger partial charge in [-0.05, 0) is 61.9 Å². The summed E-state index contributed by atoms with van der Waals surface area (Å²) in [5.41, 5.74) is 1.000. The SMILES string of the molecule is CC(C)c1c[nH]c2cc(C(F)(F)F)c(C3=CCN(C(=O)OC(C)(C)C)CC3)cc12. The lowest BCUT2D eigenvalue weighted by molar-refractivity contribution is -0.137. The van der Waals surface area contributed by atoms with Crippen molar-refractivity contribution in [3.63, 3.8) is 0 Å². The van der Waals surface area contributed by atoms with Gasteiger partial charge in [0.2, 0.25) is 0 Å². The average molecular weight is 408 g/mol. The standard InChI is InChI=1S/C22H27F3N2O2/c1-13(2)17-12-26-19-11-18(22(23,24)25)15(10-16(17)19)14-6-8-27(9-7-14)20(28)29-21(3,4)5/h6,10-13,26H,7-9H2,1-5H3. The molecule has 3 rings (SSSR count). The molecule has 29 heavy (non-hydrogen) atoms. The van der Waals surface area contributed by atoms with Crippen molar-refractivity contribution in [2.45, 2.75) is 58.7 Å².